The highest BCUT2D eigenvalue weighted by Gasteiger charge is 2.39. The van der Waals surface area contributed by atoms with Gasteiger partial charge in [0.2, 0.25) is 0 Å². The van der Waals surface area contributed by atoms with Crippen LogP contribution in [0.3, 0.4) is 0 Å². The Bertz CT molecular complexity index is 3320. The second-order valence-corrected chi connectivity index (χ2v) is 17.7. The lowest BCUT2D eigenvalue weighted by Gasteiger charge is -2.32. The van der Waals surface area contributed by atoms with E-state index in [0.717, 1.165) is 17.1 Å². The molecule has 0 bridgehead atoms. The van der Waals surface area contributed by atoms with Crippen LogP contribution in [0.4, 0.5) is 17.1 Å². The molecule has 1 heterocycles. The van der Waals surface area contributed by atoms with Gasteiger partial charge in [-0.25, -0.2) is 0 Å². The Kier molecular flexibility index (Phi) is 7.36. The van der Waals surface area contributed by atoms with Gasteiger partial charge >= 0.3 is 0 Å². The van der Waals surface area contributed by atoms with Crippen LogP contribution in [0.5, 0.6) is 0 Å². The molecule has 0 aliphatic heterocycles. The summed E-state index contributed by atoms with van der Waals surface area (Å²) in [4.78, 5) is 2.57. The minimum Gasteiger partial charge on any atom is -0.309 e. The summed E-state index contributed by atoms with van der Waals surface area (Å²) in [5.74, 6) is 0. The lowest BCUT2D eigenvalue weighted by molar-refractivity contribution is 0.660. The van der Waals surface area contributed by atoms with Crippen LogP contribution in [0.25, 0.3) is 71.6 Å². The molecule has 0 saturated carbocycles. The third kappa shape index (κ3) is 4.82. The minimum absolute atomic E-state index is 0.135. The first-order chi connectivity index (χ1) is 29.3. The maximum atomic E-state index is 2.57. The Morgan fingerprint density at radius 2 is 0.933 bits per heavy atom. The Balaban J connectivity index is 1.12. The first kappa shape index (κ1) is 34.8. The van der Waals surface area contributed by atoms with E-state index >= 15 is 0 Å². The first-order valence-corrected chi connectivity index (χ1v) is 21.2. The van der Waals surface area contributed by atoms with Crippen molar-refractivity contribution in [3.8, 4) is 39.1 Å². The quantitative estimate of drug-likeness (QED) is 0.169. The summed E-state index contributed by atoms with van der Waals surface area (Å²) in [6.45, 7) is 9.51. The van der Waals surface area contributed by atoms with E-state index in [4.69, 9.17) is 0 Å². The molecule has 2 nitrogen and oxygen atoms in total. The largest absolute Gasteiger partial charge is 0.309 e. The maximum Gasteiger partial charge on any atom is 0.0546 e. The summed E-state index contributed by atoms with van der Waals surface area (Å²) in [5.41, 5.74) is 19.9. The van der Waals surface area contributed by atoms with Gasteiger partial charge in [0.05, 0.1) is 22.4 Å². The zero-order valence-corrected chi connectivity index (χ0v) is 34.4. The van der Waals surface area contributed by atoms with Crippen LogP contribution in [0, 0.1) is 0 Å². The molecular formula is C58H44N2. The van der Waals surface area contributed by atoms with Crippen LogP contribution in [0.15, 0.2) is 194 Å². The van der Waals surface area contributed by atoms with Gasteiger partial charge in [0.25, 0.3) is 0 Å². The fourth-order valence-electron chi connectivity index (χ4n) is 10.9. The fourth-order valence-corrected chi connectivity index (χ4v) is 10.9. The Hall–Kier alpha value is -7.16. The molecular weight excluding hydrogens is 725 g/mol. The van der Waals surface area contributed by atoms with E-state index in [9.17, 15) is 0 Å². The third-order valence-electron chi connectivity index (χ3n) is 13.8. The summed E-state index contributed by atoms with van der Waals surface area (Å²) in [6.07, 6.45) is 0. The fraction of sp³-hybridized carbons (Fsp3) is 0.103. The van der Waals surface area contributed by atoms with E-state index in [1.807, 2.05) is 0 Å². The monoisotopic (exact) mass is 768 g/mol. The molecule has 0 unspecified atom stereocenters. The van der Waals surface area contributed by atoms with Crippen LogP contribution in [-0.4, -0.2) is 4.57 Å². The number of rotatable bonds is 5. The van der Waals surface area contributed by atoms with Crippen LogP contribution < -0.4 is 4.90 Å². The van der Waals surface area contributed by atoms with Crippen LogP contribution in [0.2, 0.25) is 0 Å². The molecule has 286 valence electrons. The lowest BCUT2D eigenvalue weighted by atomic mass is 9.82. The third-order valence-corrected chi connectivity index (χ3v) is 13.8. The van der Waals surface area contributed by atoms with Crippen molar-refractivity contribution >= 4 is 49.6 Å². The summed E-state index contributed by atoms with van der Waals surface area (Å²) in [5, 5.41) is 4.99. The van der Waals surface area contributed by atoms with Gasteiger partial charge in [-0.1, -0.05) is 173 Å². The van der Waals surface area contributed by atoms with Crippen LogP contribution in [-0.2, 0) is 10.8 Å². The molecule has 2 heteroatoms. The van der Waals surface area contributed by atoms with Gasteiger partial charge in [-0.3, -0.25) is 0 Å². The Morgan fingerprint density at radius 1 is 0.383 bits per heavy atom. The van der Waals surface area contributed by atoms with E-state index in [2.05, 4.69) is 231 Å². The van der Waals surface area contributed by atoms with E-state index in [0.29, 0.717) is 0 Å². The molecule has 9 aromatic carbocycles. The molecule has 60 heavy (non-hydrogen) atoms. The molecule has 0 N–H and O–H groups in total. The van der Waals surface area contributed by atoms with Crippen molar-refractivity contribution in [1.29, 1.82) is 0 Å². The van der Waals surface area contributed by atoms with Gasteiger partial charge in [0.1, 0.15) is 0 Å². The highest BCUT2D eigenvalue weighted by molar-refractivity contribution is 6.10. The minimum atomic E-state index is -0.143. The van der Waals surface area contributed by atoms with Crippen molar-refractivity contribution in [2.24, 2.45) is 0 Å². The van der Waals surface area contributed by atoms with Gasteiger partial charge in [0, 0.05) is 44.1 Å². The SMILES string of the molecule is CC1(C)c2ccccc2-c2ccc(N(c3cccc4c3-c3ccccc3C4(C)C)c3ccc4ccccc4c3-c3ccc(-n4c5ccccc5c5ccccc54)cc3)cc21. The highest BCUT2D eigenvalue weighted by atomic mass is 15.1. The number of nitrogens with zero attached hydrogens (tertiary/aromatic N) is 2. The molecule has 1 aromatic heterocycles. The van der Waals surface area contributed by atoms with Gasteiger partial charge < -0.3 is 9.47 Å². The summed E-state index contributed by atoms with van der Waals surface area (Å²) < 4.78 is 2.40. The predicted molar refractivity (Wildman–Crippen MR) is 254 cm³/mol. The molecule has 2 aliphatic rings. The lowest BCUT2D eigenvalue weighted by Crippen LogP contribution is -2.18. The van der Waals surface area contributed by atoms with Gasteiger partial charge in [-0.05, 0) is 104 Å². The van der Waals surface area contributed by atoms with E-state index in [-0.39, 0.29) is 10.8 Å². The second-order valence-electron chi connectivity index (χ2n) is 17.7. The summed E-state index contributed by atoms with van der Waals surface area (Å²) in [6, 6.07) is 72.4. The average molecular weight is 769 g/mol. The topological polar surface area (TPSA) is 8.17 Å². The van der Waals surface area contributed by atoms with E-state index in [1.54, 1.807) is 0 Å². The van der Waals surface area contributed by atoms with Crippen molar-refractivity contribution in [3.05, 3.63) is 216 Å². The molecule has 10 aromatic rings. The molecule has 0 atom stereocenters. The van der Waals surface area contributed by atoms with Gasteiger partial charge in [0.15, 0.2) is 0 Å². The Labute approximate surface area is 351 Å². The van der Waals surface area contributed by atoms with Gasteiger partial charge in [-0.15, -0.1) is 0 Å². The van der Waals surface area contributed by atoms with Crippen LogP contribution >= 0.6 is 0 Å². The molecule has 0 radical (unpaired) electrons. The molecule has 0 saturated heterocycles. The smallest absolute Gasteiger partial charge is 0.0546 e. The molecule has 2 aliphatic carbocycles. The molecule has 12 rings (SSSR count). The van der Waals surface area contributed by atoms with E-state index < -0.39 is 0 Å². The second kappa shape index (κ2) is 12.7. The summed E-state index contributed by atoms with van der Waals surface area (Å²) in [7, 11) is 0. The van der Waals surface area contributed by atoms with Crippen molar-refractivity contribution in [1.82, 2.24) is 4.57 Å². The molecule has 0 spiro atoms. The van der Waals surface area contributed by atoms with Crippen molar-refractivity contribution < 1.29 is 0 Å². The number of benzene rings is 9. The number of fused-ring (bicyclic) bond motifs is 10. The number of aromatic nitrogens is 1. The van der Waals surface area contributed by atoms with Crippen LogP contribution in [0.1, 0.15) is 49.9 Å². The highest BCUT2D eigenvalue weighted by Crippen LogP contribution is 2.57. The number of hydrogen-bond donors (Lipinski definition) is 0. The zero-order chi connectivity index (χ0) is 40.3. The zero-order valence-electron chi connectivity index (χ0n) is 34.4. The van der Waals surface area contributed by atoms with E-state index in [1.165, 1.54) is 93.9 Å². The normalized spacial score (nSPS) is 14.3. The Morgan fingerprint density at radius 3 is 1.67 bits per heavy atom. The average Bonchev–Trinajstić information content (AvgIpc) is 3.84. The maximum absolute atomic E-state index is 2.57. The van der Waals surface area contributed by atoms with Crippen molar-refractivity contribution in [2.45, 2.75) is 38.5 Å². The predicted octanol–water partition coefficient (Wildman–Crippen LogP) is 15.7. The molecule has 0 fully saturated rings. The first-order valence-electron chi connectivity index (χ1n) is 21.2. The number of hydrogen-bond acceptors (Lipinski definition) is 1. The summed E-state index contributed by atoms with van der Waals surface area (Å²) >= 11 is 0. The van der Waals surface area contributed by atoms with Gasteiger partial charge in [-0.2, -0.15) is 0 Å². The standard InChI is InChI=1S/C58H44N2/c1-57(2)48-23-12-8-21-46(48)56-49(57)24-15-27-53(56)60(40-33-34-43-42-18-7-11-22-47(42)58(3,4)50(43)36-40)54-35-30-37-16-5-6-17-41(37)55(54)38-28-31-39(32-29-38)59-51-25-13-9-19-44(51)45-20-10-14-26-52(45)59/h5-36H,1-4H3. The van der Waals surface area contributed by atoms with Crippen molar-refractivity contribution in [2.75, 3.05) is 4.90 Å². The number of para-hydroxylation sites is 2. The van der Waals surface area contributed by atoms with Crippen molar-refractivity contribution in [3.63, 3.8) is 0 Å². The molecule has 0 amide bonds. The number of anilines is 3.